The Kier molecular flexibility index (Phi) is 7.43. The molecule has 3 rings (SSSR count). The van der Waals surface area contributed by atoms with Crippen LogP contribution in [0.15, 0.2) is 54.6 Å². The Balaban J connectivity index is 1.47. The minimum absolute atomic E-state index is 0.00950. The number of carbonyl (C=O) groups is 3. The Morgan fingerprint density at radius 2 is 1.87 bits per heavy atom. The molecular formula is C23H26N2O5. The Labute approximate surface area is 176 Å². The minimum Gasteiger partial charge on any atom is -0.482 e. The Morgan fingerprint density at radius 1 is 1.13 bits per heavy atom. The predicted octanol–water partition coefficient (Wildman–Crippen LogP) is 3.00. The fourth-order valence-electron chi connectivity index (χ4n) is 3.35. The van der Waals surface area contributed by atoms with E-state index in [1.54, 1.807) is 18.2 Å². The van der Waals surface area contributed by atoms with Gasteiger partial charge in [-0.05, 0) is 24.1 Å². The van der Waals surface area contributed by atoms with Gasteiger partial charge in [0.2, 0.25) is 0 Å². The van der Waals surface area contributed by atoms with E-state index in [0.29, 0.717) is 11.4 Å². The van der Waals surface area contributed by atoms with Crippen LogP contribution >= 0.6 is 0 Å². The summed E-state index contributed by atoms with van der Waals surface area (Å²) in [7, 11) is 0. The highest BCUT2D eigenvalue weighted by atomic mass is 16.5. The molecule has 0 fully saturated rings. The molecule has 7 heteroatoms. The van der Waals surface area contributed by atoms with Gasteiger partial charge in [-0.15, -0.1) is 0 Å². The molecule has 2 aromatic rings. The van der Waals surface area contributed by atoms with Gasteiger partial charge in [-0.2, -0.15) is 0 Å². The van der Waals surface area contributed by atoms with Crippen molar-refractivity contribution in [1.82, 2.24) is 5.32 Å². The summed E-state index contributed by atoms with van der Waals surface area (Å²) in [4.78, 5) is 38.0. The molecule has 158 valence electrons. The topological polar surface area (TPSA) is 84.9 Å². The molecular weight excluding hydrogens is 384 g/mol. The number of carbonyl (C=O) groups excluding carboxylic acids is 3. The van der Waals surface area contributed by atoms with Crippen LogP contribution in [0.2, 0.25) is 0 Å². The average Bonchev–Trinajstić information content (AvgIpc) is 2.77. The first-order valence-corrected chi connectivity index (χ1v) is 10.1. The Morgan fingerprint density at radius 3 is 2.63 bits per heavy atom. The maximum Gasteiger partial charge on any atom is 0.308 e. The van der Waals surface area contributed by atoms with Crippen LogP contribution in [0.4, 0.5) is 5.69 Å². The number of amides is 2. The lowest BCUT2D eigenvalue weighted by atomic mass is 10.0. The number of nitrogens with zero attached hydrogens (tertiary/aromatic N) is 1. The highest BCUT2D eigenvalue weighted by Gasteiger charge is 2.25. The lowest BCUT2D eigenvalue weighted by molar-refractivity contribution is -0.148. The third-order valence-corrected chi connectivity index (χ3v) is 4.83. The van der Waals surface area contributed by atoms with E-state index < -0.39 is 5.97 Å². The van der Waals surface area contributed by atoms with Gasteiger partial charge < -0.3 is 19.7 Å². The molecule has 1 atom stereocenters. The zero-order valence-corrected chi connectivity index (χ0v) is 17.0. The molecule has 7 nitrogen and oxygen atoms in total. The molecule has 0 saturated heterocycles. The zero-order valence-electron chi connectivity index (χ0n) is 17.0. The first-order valence-electron chi connectivity index (χ1n) is 10.1. The summed E-state index contributed by atoms with van der Waals surface area (Å²) >= 11 is 0. The summed E-state index contributed by atoms with van der Waals surface area (Å²) in [6.45, 7) is 1.81. The lowest BCUT2D eigenvalue weighted by Gasteiger charge is -2.28. The van der Waals surface area contributed by atoms with E-state index in [9.17, 15) is 14.4 Å². The van der Waals surface area contributed by atoms with Gasteiger partial charge in [0, 0.05) is 6.54 Å². The fraction of sp³-hybridized carbons (Fsp3) is 0.348. The maximum atomic E-state index is 12.3. The van der Waals surface area contributed by atoms with Crippen LogP contribution in [-0.4, -0.2) is 37.5 Å². The van der Waals surface area contributed by atoms with Gasteiger partial charge in [-0.25, -0.2) is 0 Å². The van der Waals surface area contributed by atoms with Gasteiger partial charge >= 0.3 is 5.97 Å². The fourth-order valence-corrected chi connectivity index (χ4v) is 3.35. The number of para-hydroxylation sites is 2. The standard InChI is InChI=1S/C23H26N2O5/c1-2-8-18(17-9-4-3-5-10-17)24-21(26)15-30-23(28)13-14-25-19-11-6-7-12-20(19)29-16-22(25)27/h3-7,9-12,18H,2,8,13-16H2,1H3,(H,24,26)/t18-/m1/s1. The smallest absolute Gasteiger partial charge is 0.308 e. The second kappa shape index (κ2) is 10.4. The van der Waals surface area contributed by atoms with E-state index in [1.165, 1.54) is 4.90 Å². The normalized spacial score (nSPS) is 13.8. The van der Waals surface area contributed by atoms with Gasteiger partial charge in [-0.3, -0.25) is 14.4 Å². The number of hydrogen-bond acceptors (Lipinski definition) is 5. The van der Waals surface area contributed by atoms with E-state index in [0.717, 1.165) is 18.4 Å². The van der Waals surface area contributed by atoms with Crippen LogP contribution in [0.1, 0.15) is 37.8 Å². The predicted molar refractivity (Wildman–Crippen MR) is 112 cm³/mol. The van der Waals surface area contributed by atoms with Crippen LogP contribution in [0.3, 0.4) is 0 Å². The first kappa shape index (κ1) is 21.4. The number of nitrogens with one attached hydrogen (secondary N) is 1. The molecule has 0 aromatic heterocycles. The summed E-state index contributed by atoms with van der Waals surface area (Å²) in [6.07, 6.45) is 1.70. The molecule has 30 heavy (non-hydrogen) atoms. The number of esters is 1. The van der Waals surface area contributed by atoms with Gasteiger partial charge in [0.15, 0.2) is 13.2 Å². The van der Waals surface area contributed by atoms with Crippen molar-refractivity contribution in [2.45, 2.75) is 32.2 Å². The van der Waals surface area contributed by atoms with Gasteiger partial charge in [0.05, 0.1) is 18.2 Å². The molecule has 2 aromatic carbocycles. The monoisotopic (exact) mass is 410 g/mol. The minimum atomic E-state index is -0.534. The van der Waals surface area contributed by atoms with Crippen molar-refractivity contribution in [3.63, 3.8) is 0 Å². The zero-order chi connectivity index (χ0) is 21.3. The number of hydrogen-bond donors (Lipinski definition) is 1. The van der Waals surface area contributed by atoms with Gasteiger partial charge in [-0.1, -0.05) is 55.8 Å². The molecule has 1 heterocycles. The maximum absolute atomic E-state index is 12.3. The number of benzene rings is 2. The molecule has 0 spiro atoms. The molecule has 1 N–H and O–H groups in total. The SMILES string of the molecule is CCC[C@@H](NC(=O)COC(=O)CCN1C(=O)COc2ccccc21)c1ccccc1. The van der Waals surface area contributed by atoms with E-state index >= 15 is 0 Å². The largest absolute Gasteiger partial charge is 0.482 e. The molecule has 1 aliphatic rings. The van der Waals surface area contributed by atoms with Crippen molar-refractivity contribution in [2.75, 3.05) is 24.7 Å². The molecule has 2 amide bonds. The van der Waals surface area contributed by atoms with Gasteiger partial charge in [0.25, 0.3) is 11.8 Å². The molecule has 0 aliphatic carbocycles. The second-order valence-corrected chi connectivity index (χ2v) is 7.03. The van der Waals surface area contributed by atoms with E-state index in [4.69, 9.17) is 9.47 Å². The van der Waals surface area contributed by atoms with Crippen molar-refractivity contribution in [1.29, 1.82) is 0 Å². The summed E-state index contributed by atoms with van der Waals surface area (Å²) < 4.78 is 10.5. The van der Waals surface area contributed by atoms with E-state index in [1.807, 2.05) is 43.3 Å². The summed E-state index contributed by atoms with van der Waals surface area (Å²) in [5, 5.41) is 2.92. The second-order valence-electron chi connectivity index (χ2n) is 7.03. The van der Waals surface area contributed by atoms with Crippen LogP contribution in [0.5, 0.6) is 5.75 Å². The van der Waals surface area contributed by atoms with E-state index in [2.05, 4.69) is 5.32 Å². The Hall–Kier alpha value is -3.35. The van der Waals surface area contributed by atoms with Crippen molar-refractivity contribution >= 4 is 23.5 Å². The van der Waals surface area contributed by atoms with Crippen LogP contribution in [-0.2, 0) is 19.1 Å². The summed E-state index contributed by atoms with van der Waals surface area (Å²) in [6, 6.07) is 16.7. The van der Waals surface area contributed by atoms with Gasteiger partial charge in [0.1, 0.15) is 5.75 Å². The molecule has 0 saturated carbocycles. The Bertz CT molecular complexity index is 884. The highest BCUT2D eigenvalue weighted by Crippen LogP contribution is 2.31. The molecule has 0 radical (unpaired) electrons. The lowest BCUT2D eigenvalue weighted by Crippen LogP contribution is -2.40. The summed E-state index contributed by atoms with van der Waals surface area (Å²) in [5.74, 6) is -0.496. The molecule has 0 bridgehead atoms. The molecule has 1 aliphatic heterocycles. The third kappa shape index (κ3) is 5.59. The van der Waals surface area contributed by atoms with Crippen LogP contribution in [0.25, 0.3) is 0 Å². The number of fused-ring (bicyclic) bond motifs is 1. The van der Waals surface area contributed by atoms with Crippen LogP contribution < -0.4 is 15.0 Å². The molecule has 0 unspecified atom stereocenters. The number of rotatable bonds is 9. The first-order chi connectivity index (χ1) is 14.6. The number of ether oxygens (including phenoxy) is 2. The highest BCUT2D eigenvalue weighted by molar-refractivity contribution is 5.98. The van der Waals surface area contributed by atoms with Crippen molar-refractivity contribution in [3.05, 3.63) is 60.2 Å². The van der Waals surface area contributed by atoms with E-state index in [-0.39, 0.29) is 44.0 Å². The average molecular weight is 410 g/mol. The van der Waals surface area contributed by atoms with Crippen molar-refractivity contribution in [2.24, 2.45) is 0 Å². The summed E-state index contributed by atoms with van der Waals surface area (Å²) in [5.41, 5.74) is 1.65. The third-order valence-electron chi connectivity index (χ3n) is 4.83. The van der Waals surface area contributed by atoms with Crippen molar-refractivity contribution in [3.8, 4) is 5.75 Å². The quantitative estimate of drug-likeness (QED) is 0.643. The number of anilines is 1. The van der Waals surface area contributed by atoms with Crippen LogP contribution in [0, 0.1) is 0 Å². The van der Waals surface area contributed by atoms with Crippen molar-refractivity contribution < 1.29 is 23.9 Å².